The third kappa shape index (κ3) is 3.42. The van der Waals surface area contributed by atoms with Gasteiger partial charge in [-0.25, -0.2) is 0 Å². The van der Waals surface area contributed by atoms with Crippen LogP contribution in [-0.2, 0) is 0 Å². The minimum absolute atomic E-state index is 0.537. The molecule has 0 fully saturated rings. The summed E-state index contributed by atoms with van der Waals surface area (Å²) in [6.07, 6.45) is 0. The second kappa shape index (κ2) is 6.44. The van der Waals surface area contributed by atoms with E-state index in [9.17, 15) is 0 Å². The van der Waals surface area contributed by atoms with Gasteiger partial charge in [0.25, 0.3) is 0 Å². The van der Waals surface area contributed by atoms with Crippen LogP contribution >= 0.6 is 35.4 Å². The van der Waals surface area contributed by atoms with Gasteiger partial charge in [-0.05, 0) is 42.8 Å². The summed E-state index contributed by atoms with van der Waals surface area (Å²) in [5.41, 5.74) is 2.66. The number of aryl methyl sites for hydroxylation is 1. The zero-order chi connectivity index (χ0) is 14.7. The molecule has 0 saturated heterocycles. The molecule has 0 saturated carbocycles. The minimum Gasteiger partial charge on any atom is -0.496 e. The van der Waals surface area contributed by atoms with Crippen LogP contribution in [0.3, 0.4) is 0 Å². The number of anilines is 1. The molecule has 2 aromatic carbocycles. The van der Waals surface area contributed by atoms with Gasteiger partial charge in [0, 0.05) is 15.7 Å². The van der Waals surface area contributed by atoms with Crippen LogP contribution in [0.4, 0.5) is 5.69 Å². The molecule has 104 valence electrons. The van der Waals surface area contributed by atoms with Crippen molar-refractivity contribution in [1.82, 2.24) is 0 Å². The SMILES string of the molecule is COc1ccc(Cl)cc1C(=S)Nc1cc(Cl)ccc1C. The summed E-state index contributed by atoms with van der Waals surface area (Å²) in [5, 5.41) is 4.43. The number of nitrogens with one attached hydrogen (secondary N) is 1. The zero-order valence-corrected chi connectivity index (χ0v) is 13.4. The third-order valence-electron chi connectivity index (χ3n) is 2.85. The minimum atomic E-state index is 0.537. The predicted molar refractivity (Wildman–Crippen MR) is 89.5 cm³/mol. The van der Waals surface area contributed by atoms with Crippen molar-refractivity contribution >= 4 is 46.1 Å². The normalized spacial score (nSPS) is 10.2. The van der Waals surface area contributed by atoms with Gasteiger partial charge >= 0.3 is 0 Å². The van der Waals surface area contributed by atoms with Crippen molar-refractivity contribution in [2.24, 2.45) is 0 Å². The maximum atomic E-state index is 6.01. The van der Waals surface area contributed by atoms with Crippen LogP contribution in [0.1, 0.15) is 11.1 Å². The Labute approximate surface area is 133 Å². The van der Waals surface area contributed by atoms with Crippen LogP contribution in [0.15, 0.2) is 36.4 Å². The molecule has 0 bridgehead atoms. The average molecular weight is 326 g/mol. The Kier molecular flexibility index (Phi) is 4.86. The standard InChI is InChI=1S/C15H13Cl2NOS/c1-9-3-4-11(17)8-13(9)18-15(20)12-7-10(16)5-6-14(12)19-2/h3-8H,1-2H3,(H,18,20). The lowest BCUT2D eigenvalue weighted by Gasteiger charge is -2.14. The Hall–Kier alpha value is -1.29. The number of hydrogen-bond acceptors (Lipinski definition) is 2. The number of hydrogen-bond donors (Lipinski definition) is 1. The highest BCUT2D eigenvalue weighted by molar-refractivity contribution is 7.81. The van der Waals surface area contributed by atoms with Crippen LogP contribution < -0.4 is 10.1 Å². The highest BCUT2D eigenvalue weighted by Crippen LogP contribution is 2.26. The lowest BCUT2D eigenvalue weighted by molar-refractivity contribution is 0.414. The van der Waals surface area contributed by atoms with Crippen molar-refractivity contribution in [1.29, 1.82) is 0 Å². The zero-order valence-electron chi connectivity index (χ0n) is 11.0. The summed E-state index contributed by atoms with van der Waals surface area (Å²) >= 11 is 17.4. The van der Waals surface area contributed by atoms with E-state index in [1.807, 2.05) is 25.1 Å². The first kappa shape index (κ1) is 15.1. The molecular weight excluding hydrogens is 313 g/mol. The van der Waals surface area contributed by atoms with Crippen LogP contribution in [-0.4, -0.2) is 12.1 Å². The maximum absolute atomic E-state index is 6.01. The van der Waals surface area contributed by atoms with E-state index >= 15 is 0 Å². The Morgan fingerprint density at radius 2 is 1.75 bits per heavy atom. The van der Waals surface area contributed by atoms with E-state index in [4.69, 9.17) is 40.2 Å². The predicted octanol–water partition coefficient (Wildman–Crippen LogP) is 5.10. The van der Waals surface area contributed by atoms with Crippen molar-refractivity contribution in [3.63, 3.8) is 0 Å². The second-order valence-corrected chi connectivity index (χ2v) is 5.54. The Bertz CT molecular complexity index is 658. The molecule has 5 heteroatoms. The lowest BCUT2D eigenvalue weighted by atomic mass is 10.1. The van der Waals surface area contributed by atoms with E-state index in [0.29, 0.717) is 20.8 Å². The van der Waals surface area contributed by atoms with Gasteiger partial charge in [0.1, 0.15) is 10.7 Å². The first-order valence-electron chi connectivity index (χ1n) is 5.92. The number of rotatable bonds is 3. The van der Waals surface area contributed by atoms with E-state index in [-0.39, 0.29) is 0 Å². The van der Waals surface area contributed by atoms with Crippen molar-refractivity contribution in [3.8, 4) is 5.75 Å². The molecule has 2 rings (SSSR count). The van der Waals surface area contributed by atoms with E-state index < -0.39 is 0 Å². The molecule has 20 heavy (non-hydrogen) atoms. The highest BCUT2D eigenvalue weighted by atomic mass is 35.5. The molecule has 0 heterocycles. The molecule has 0 aliphatic rings. The molecule has 1 N–H and O–H groups in total. The smallest absolute Gasteiger partial charge is 0.129 e. The lowest BCUT2D eigenvalue weighted by Crippen LogP contribution is -2.12. The molecule has 0 amide bonds. The third-order valence-corrected chi connectivity index (χ3v) is 3.65. The van der Waals surface area contributed by atoms with Crippen molar-refractivity contribution < 1.29 is 4.74 Å². The molecule has 2 aromatic rings. The van der Waals surface area contributed by atoms with E-state index in [1.54, 1.807) is 25.3 Å². The summed E-state index contributed by atoms with van der Waals surface area (Å²) in [4.78, 5) is 0.537. The second-order valence-electron chi connectivity index (χ2n) is 4.26. The van der Waals surface area contributed by atoms with Gasteiger partial charge in [0.15, 0.2) is 0 Å². The first-order valence-corrected chi connectivity index (χ1v) is 7.08. The van der Waals surface area contributed by atoms with Crippen LogP contribution in [0.5, 0.6) is 5.75 Å². The number of benzene rings is 2. The summed E-state index contributed by atoms with van der Waals surface area (Å²) in [6.45, 7) is 1.98. The molecule has 0 aliphatic heterocycles. The van der Waals surface area contributed by atoms with Crippen LogP contribution in [0.25, 0.3) is 0 Å². The highest BCUT2D eigenvalue weighted by Gasteiger charge is 2.11. The molecule has 0 aromatic heterocycles. The van der Waals surface area contributed by atoms with Gasteiger partial charge < -0.3 is 10.1 Å². The first-order chi connectivity index (χ1) is 9.51. The van der Waals surface area contributed by atoms with Gasteiger partial charge in [-0.2, -0.15) is 0 Å². The van der Waals surface area contributed by atoms with E-state index in [2.05, 4.69) is 5.32 Å². The molecule has 0 spiro atoms. The molecular formula is C15H13Cl2NOS. The van der Waals surface area contributed by atoms with Crippen LogP contribution in [0.2, 0.25) is 10.0 Å². The van der Waals surface area contributed by atoms with Crippen LogP contribution in [0, 0.1) is 6.92 Å². The fraction of sp³-hybridized carbons (Fsp3) is 0.133. The Balaban J connectivity index is 2.32. The summed E-state index contributed by atoms with van der Waals surface area (Å²) in [7, 11) is 1.60. The van der Waals surface area contributed by atoms with Gasteiger partial charge in [-0.3, -0.25) is 0 Å². The van der Waals surface area contributed by atoms with Crippen molar-refractivity contribution in [2.45, 2.75) is 6.92 Å². The topological polar surface area (TPSA) is 21.3 Å². The van der Waals surface area contributed by atoms with Gasteiger partial charge in [0.2, 0.25) is 0 Å². The summed E-state index contributed by atoms with van der Waals surface area (Å²) in [5.74, 6) is 0.673. The fourth-order valence-electron chi connectivity index (χ4n) is 1.78. The summed E-state index contributed by atoms with van der Waals surface area (Å²) < 4.78 is 5.30. The Morgan fingerprint density at radius 1 is 1.10 bits per heavy atom. The molecule has 0 radical (unpaired) electrons. The molecule has 0 atom stereocenters. The number of methoxy groups -OCH3 is 1. The number of thiocarbonyl (C=S) groups is 1. The average Bonchev–Trinajstić information content (AvgIpc) is 2.42. The van der Waals surface area contributed by atoms with Crippen molar-refractivity contribution in [2.75, 3.05) is 12.4 Å². The van der Waals surface area contributed by atoms with E-state index in [0.717, 1.165) is 16.8 Å². The molecule has 2 nitrogen and oxygen atoms in total. The molecule has 0 unspecified atom stereocenters. The number of ether oxygens (including phenoxy) is 1. The van der Waals surface area contributed by atoms with Gasteiger partial charge in [-0.15, -0.1) is 0 Å². The maximum Gasteiger partial charge on any atom is 0.129 e. The van der Waals surface area contributed by atoms with Gasteiger partial charge in [0.05, 0.1) is 12.7 Å². The summed E-state index contributed by atoms with van der Waals surface area (Å²) in [6, 6.07) is 10.9. The quantitative estimate of drug-likeness (QED) is 0.793. The monoisotopic (exact) mass is 325 g/mol. The molecule has 0 aliphatic carbocycles. The number of halogens is 2. The van der Waals surface area contributed by atoms with Gasteiger partial charge in [-0.1, -0.05) is 41.5 Å². The van der Waals surface area contributed by atoms with E-state index in [1.165, 1.54) is 0 Å². The Morgan fingerprint density at radius 3 is 2.45 bits per heavy atom. The van der Waals surface area contributed by atoms with Crippen molar-refractivity contribution in [3.05, 3.63) is 57.6 Å². The largest absolute Gasteiger partial charge is 0.496 e. The fourth-order valence-corrected chi connectivity index (χ4v) is 2.39.